The highest BCUT2D eigenvalue weighted by Crippen LogP contribution is 2.17. The lowest BCUT2D eigenvalue weighted by atomic mass is 10.1. The molecule has 8 heteroatoms. The van der Waals surface area contributed by atoms with Crippen LogP contribution in [0.5, 0.6) is 0 Å². The summed E-state index contributed by atoms with van der Waals surface area (Å²) in [5, 5.41) is 2.80. The molecule has 2 aromatic heterocycles. The molecular formula is C24H21FN4O3. The minimum Gasteiger partial charge on any atom is -0.324 e. The Bertz CT molecular complexity index is 1470. The van der Waals surface area contributed by atoms with Crippen molar-refractivity contribution in [2.75, 3.05) is 5.32 Å². The van der Waals surface area contributed by atoms with Gasteiger partial charge >= 0.3 is 5.69 Å². The van der Waals surface area contributed by atoms with Gasteiger partial charge in [0.15, 0.2) is 5.65 Å². The quantitative estimate of drug-likeness (QED) is 0.536. The Balaban J connectivity index is 1.86. The van der Waals surface area contributed by atoms with Gasteiger partial charge < -0.3 is 5.32 Å². The Morgan fingerprint density at radius 1 is 1.00 bits per heavy atom. The summed E-state index contributed by atoms with van der Waals surface area (Å²) in [6.45, 7) is 4.63. The first-order chi connectivity index (χ1) is 15.3. The molecule has 0 atom stereocenters. The van der Waals surface area contributed by atoms with Crippen molar-refractivity contribution in [2.45, 2.75) is 27.3 Å². The van der Waals surface area contributed by atoms with Gasteiger partial charge in [-0.1, -0.05) is 24.3 Å². The minimum absolute atomic E-state index is 0.237. The van der Waals surface area contributed by atoms with E-state index in [9.17, 15) is 18.8 Å². The van der Waals surface area contributed by atoms with Crippen molar-refractivity contribution < 1.29 is 9.18 Å². The molecule has 4 aromatic rings. The molecule has 162 valence electrons. The minimum atomic E-state index is -0.684. The summed E-state index contributed by atoms with van der Waals surface area (Å²) in [5.41, 5.74) is 1.47. The van der Waals surface area contributed by atoms with Crippen LogP contribution in [-0.4, -0.2) is 20.0 Å². The Labute approximate surface area is 182 Å². The van der Waals surface area contributed by atoms with E-state index in [1.165, 1.54) is 16.7 Å². The van der Waals surface area contributed by atoms with E-state index in [0.717, 1.165) is 4.57 Å². The summed E-state index contributed by atoms with van der Waals surface area (Å²) in [5.74, 6) is -1.08. The van der Waals surface area contributed by atoms with Crippen molar-refractivity contribution in [3.05, 3.63) is 98.1 Å². The van der Waals surface area contributed by atoms with Crippen molar-refractivity contribution in [1.82, 2.24) is 14.1 Å². The normalized spacial score (nSPS) is 11.0. The predicted octanol–water partition coefficient (Wildman–Crippen LogP) is 3.25. The lowest BCUT2D eigenvalue weighted by molar-refractivity contribution is -0.116. The standard InChI is InChI=1S/C24H21FN4O3/c1-14-9-10-17(12-19(14)25)27-20(30)13-28-23(31)21-15(2)11-16(3)26-22(21)29(24(28)32)18-7-5-4-6-8-18/h4-12H,13H2,1-3H3,(H,27,30). The van der Waals surface area contributed by atoms with Gasteiger partial charge in [0, 0.05) is 11.4 Å². The second-order valence-electron chi connectivity index (χ2n) is 7.64. The SMILES string of the molecule is Cc1cc(C)c2c(=O)n(CC(=O)Nc3ccc(C)c(F)c3)c(=O)n(-c3ccccc3)c2n1. The molecule has 32 heavy (non-hydrogen) atoms. The second kappa shape index (κ2) is 8.22. The molecule has 2 aromatic carbocycles. The average molecular weight is 432 g/mol. The predicted molar refractivity (Wildman–Crippen MR) is 121 cm³/mol. The van der Waals surface area contributed by atoms with E-state index in [2.05, 4.69) is 10.3 Å². The molecule has 0 aliphatic carbocycles. The summed E-state index contributed by atoms with van der Waals surface area (Å²) in [6.07, 6.45) is 0. The Morgan fingerprint density at radius 3 is 2.41 bits per heavy atom. The van der Waals surface area contributed by atoms with Gasteiger partial charge in [-0.2, -0.15) is 0 Å². The van der Waals surface area contributed by atoms with Crippen LogP contribution in [0.25, 0.3) is 16.7 Å². The topological polar surface area (TPSA) is 86.0 Å². The molecule has 7 nitrogen and oxygen atoms in total. The first-order valence-electron chi connectivity index (χ1n) is 10.0. The number of rotatable bonds is 4. The molecule has 0 aliphatic heterocycles. The maximum absolute atomic E-state index is 13.8. The summed E-state index contributed by atoms with van der Waals surface area (Å²) in [6, 6.07) is 14.8. The fourth-order valence-electron chi connectivity index (χ4n) is 3.64. The third kappa shape index (κ3) is 3.82. The zero-order chi connectivity index (χ0) is 23.0. The highest BCUT2D eigenvalue weighted by molar-refractivity contribution is 5.91. The molecule has 0 aliphatic rings. The van der Waals surface area contributed by atoms with Crippen molar-refractivity contribution in [2.24, 2.45) is 0 Å². The average Bonchev–Trinajstić information content (AvgIpc) is 2.74. The van der Waals surface area contributed by atoms with Crippen LogP contribution in [0.15, 0.2) is 64.2 Å². The first kappa shape index (κ1) is 21.2. The zero-order valence-corrected chi connectivity index (χ0v) is 17.8. The van der Waals surface area contributed by atoms with Gasteiger partial charge in [-0.15, -0.1) is 0 Å². The fourth-order valence-corrected chi connectivity index (χ4v) is 3.64. The van der Waals surface area contributed by atoms with Crippen LogP contribution in [-0.2, 0) is 11.3 Å². The summed E-state index contributed by atoms with van der Waals surface area (Å²) < 4.78 is 16.0. The number of aromatic nitrogens is 3. The van der Waals surface area contributed by atoms with Crippen LogP contribution >= 0.6 is 0 Å². The molecule has 1 amide bonds. The molecule has 0 saturated carbocycles. The van der Waals surface area contributed by atoms with Crippen molar-refractivity contribution in [1.29, 1.82) is 0 Å². The molecule has 1 N–H and O–H groups in total. The van der Waals surface area contributed by atoms with Crippen LogP contribution in [0.1, 0.15) is 16.8 Å². The van der Waals surface area contributed by atoms with E-state index in [1.807, 2.05) is 6.07 Å². The molecule has 0 bridgehead atoms. The van der Waals surface area contributed by atoms with E-state index < -0.39 is 29.5 Å². The monoisotopic (exact) mass is 432 g/mol. The summed E-state index contributed by atoms with van der Waals surface area (Å²) in [4.78, 5) is 43.7. The fraction of sp³-hybridized carbons (Fsp3) is 0.167. The van der Waals surface area contributed by atoms with Gasteiger partial charge in [0.25, 0.3) is 5.56 Å². The largest absolute Gasteiger partial charge is 0.337 e. The van der Waals surface area contributed by atoms with E-state index >= 15 is 0 Å². The third-order valence-corrected chi connectivity index (χ3v) is 5.19. The highest BCUT2D eigenvalue weighted by Gasteiger charge is 2.19. The van der Waals surface area contributed by atoms with E-state index in [0.29, 0.717) is 22.5 Å². The number of hydrogen-bond donors (Lipinski definition) is 1. The van der Waals surface area contributed by atoms with Crippen LogP contribution < -0.4 is 16.6 Å². The van der Waals surface area contributed by atoms with Gasteiger partial charge in [-0.3, -0.25) is 9.59 Å². The number of carbonyl (C=O) groups excluding carboxylic acids is 1. The van der Waals surface area contributed by atoms with E-state index in [-0.39, 0.29) is 16.7 Å². The van der Waals surface area contributed by atoms with Crippen LogP contribution in [0.4, 0.5) is 10.1 Å². The van der Waals surface area contributed by atoms with Crippen LogP contribution in [0.2, 0.25) is 0 Å². The van der Waals surface area contributed by atoms with E-state index in [4.69, 9.17) is 0 Å². The smallest absolute Gasteiger partial charge is 0.324 e. The summed E-state index contributed by atoms with van der Waals surface area (Å²) >= 11 is 0. The molecule has 2 heterocycles. The number of fused-ring (bicyclic) bond motifs is 1. The van der Waals surface area contributed by atoms with Gasteiger partial charge in [-0.25, -0.2) is 23.3 Å². The summed E-state index contributed by atoms with van der Waals surface area (Å²) in [7, 11) is 0. The van der Waals surface area contributed by atoms with Crippen LogP contribution in [0.3, 0.4) is 0 Å². The number of benzene rings is 2. The Kier molecular flexibility index (Phi) is 5.44. The molecule has 0 spiro atoms. The lowest BCUT2D eigenvalue weighted by Gasteiger charge is -2.15. The molecule has 0 saturated heterocycles. The van der Waals surface area contributed by atoms with Crippen LogP contribution in [0, 0.1) is 26.6 Å². The van der Waals surface area contributed by atoms with Crippen molar-refractivity contribution >= 4 is 22.6 Å². The maximum atomic E-state index is 13.8. The number of nitrogens with one attached hydrogen (secondary N) is 1. The molecule has 0 unspecified atom stereocenters. The number of aryl methyl sites for hydroxylation is 3. The lowest BCUT2D eigenvalue weighted by Crippen LogP contribution is -2.42. The molecule has 4 rings (SSSR count). The Morgan fingerprint density at radius 2 is 1.72 bits per heavy atom. The van der Waals surface area contributed by atoms with Crippen molar-refractivity contribution in [3.8, 4) is 5.69 Å². The van der Waals surface area contributed by atoms with Crippen molar-refractivity contribution in [3.63, 3.8) is 0 Å². The number of carbonyl (C=O) groups is 1. The number of para-hydroxylation sites is 1. The molecular weight excluding hydrogens is 411 g/mol. The maximum Gasteiger partial charge on any atom is 0.337 e. The third-order valence-electron chi connectivity index (χ3n) is 5.19. The van der Waals surface area contributed by atoms with Gasteiger partial charge in [0.2, 0.25) is 5.91 Å². The number of anilines is 1. The Hall–Kier alpha value is -4.07. The number of amides is 1. The molecule has 0 radical (unpaired) electrons. The second-order valence-corrected chi connectivity index (χ2v) is 7.64. The number of hydrogen-bond acceptors (Lipinski definition) is 4. The molecule has 0 fully saturated rings. The number of pyridine rings is 1. The first-order valence-corrected chi connectivity index (χ1v) is 10.0. The number of halogens is 1. The zero-order valence-electron chi connectivity index (χ0n) is 17.8. The van der Waals surface area contributed by atoms with E-state index in [1.54, 1.807) is 57.2 Å². The van der Waals surface area contributed by atoms with Gasteiger partial charge in [0.05, 0.1) is 11.1 Å². The van der Waals surface area contributed by atoms with Gasteiger partial charge in [-0.05, 0) is 62.2 Å². The number of nitrogens with zero attached hydrogens (tertiary/aromatic N) is 3. The highest BCUT2D eigenvalue weighted by atomic mass is 19.1. The van der Waals surface area contributed by atoms with Gasteiger partial charge in [0.1, 0.15) is 12.4 Å².